The van der Waals surface area contributed by atoms with Crippen LogP contribution >= 0.6 is 27.5 Å². The van der Waals surface area contributed by atoms with E-state index in [9.17, 15) is 9.18 Å². The van der Waals surface area contributed by atoms with Crippen LogP contribution < -0.4 is 4.74 Å². The Balaban J connectivity index is 1.49. The molecular weight excluding hydrogens is 559 g/mol. The van der Waals surface area contributed by atoms with E-state index in [0.717, 1.165) is 38.1 Å². The molecule has 0 bridgehead atoms. The van der Waals surface area contributed by atoms with Crippen molar-refractivity contribution in [2.24, 2.45) is 0 Å². The topological polar surface area (TPSA) is 59.7 Å². The molecule has 0 spiro atoms. The van der Waals surface area contributed by atoms with Crippen LogP contribution in [-0.2, 0) is 6.54 Å². The number of hydrogen-bond donors (Lipinski definition) is 0. The van der Waals surface area contributed by atoms with Crippen LogP contribution in [0.25, 0.3) is 16.8 Å². The van der Waals surface area contributed by atoms with E-state index in [4.69, 9.17) is 16.3 Å². The molecule has 3 heterocycles. The van der Waals surface area contributed by atoms with Gasteiger partial charge >= 0.3 is 0 Å². The van der Waals surface area contributed by atoms with Gasteiger partial charge in [-0.2, -0.15) is 5.10 Å². The van der Waals surface area contributed by atoms with Crippen LogP contribution in [0.15, 0.2) is 83.7 Å². The zero-order valence-corrected chi connectivity index (χ0v) is 21.9. The molecule has 37 heavy (non-hydrogen) atoms. The normalized spacial score (nSPS) is 14.9. The monoisotopic (exact) mass is 576 g/mol. The highest BCUT2D eigenvalue weighted by molar-refractivity contribution is 9.10. The minimum atomic E-state index is -0.575. The van der Waals surface area contributed by atoms with Gasteiger partial charge in [0.1, 0.15) is 17.9 Å². The molecule has 0 fully saturated rings. The van der Waals surface area contributed by atoms with Crippen molar-refractivity contribution < 1.29 is 13.9 Å². The third kappa shape index (κ3) is 4.16. The maximum atomic E-state index is 14.4. The predicted molar refractivity (Wildman–Crippen MR) is 142 cm³/mol. The number of carbonyl (C=O) groups is 1. The number of fused-ring (bicyclic) bond motifs is 2. The number of ether oxygens (including phenoxy) is 1. The van der Waals surface area contributed by atoms with Gasteiger partial charge in [-0.1, -0.05) is 39.7 Å². The number of benzene rings is 3. The largest absolute Gasteiger partial charge is 0.497 e. The zero-order chi connectivity index (χ0) is 25.7. The number of halogens is 3. The first-order valence-corrected chi connectivity index (χ1v) is 12.6. The van der Waals surface area contributed by atoms with Crippen molar-refractivity contribution in [3.05, 3.63) is 117 Å². The molecule has 9 heteroatoms. The van der Waals surface area contributed by atoms with E-state index in [1.54, 1.807) is 16.5 Å². The van der Waals surface area contributed by atoms with Crippen molar-refractivity contribution in [2.75, 3.05) is 7.11 Å². The fourth-order valence-electron chi connectivity index (χ4n) is 4.79. The quantitative estimate of drug-likeness (QED) is 0.233. The Morgan fingerprint density at radius 1 is 1.05 bits per heavy atom. The zero-order valence-electron chi connectivity index (χ0n) is 19.5. The fourth-order valence-corrected chi connectivity index (χ4v) is 5.69. The second-order valence-electron chi connectivity index (χ2n) is 8.75. The second kappa shape index (κ2) is 9.28. The van der Waals surface area contributed by atoms with Crippen LogP contribution in [0.3, 0.4) is 0 Å². The third-order valence-electron chi connectivity index (χ3n) is 6.58. The number of hydrogen-bond acceptors (Lipinski definition) is 4. The van der Waals surface area contributed by atoms with Crippen LogP contribution in [0.2, 0.25) is 5.02 Å². The van der Waals surface area contributed by atoms with Crippen LogP contribution in [-0.4, -0.2) is 32.5 Å². The summed E-state index contributed by atoms with van der Waals surface area (Å²) >= 11 is 10.3. The summed E-state index contributed by atoms with van der Waals surface area (Å²) in [6, 6.07) is 18.8. The first kappa shape index (κ1) is 23.6. The summed E-state index contributed by atoms with van der Waals surface area (Å²) in [5.74, 6) is 0.139. The number of aromatic nitrogens is 3. The van der Waals surface area contributed by atoms with Gasteiger partial charge in [0.15, 0.2) is 5.65 Å². The molecule has 2 aromatic heterocycles. The Kier molecular flexibility index (Phi) is 5.93. The Morgan fingerprint density at radius 3 is 2.65 bits per heavy atom. The van der Waals surface area contributed by atoms with E-state index >= 15 is 0 Å². The average Bonchev–Trinajstić information content (AvgIpc) is 3.48. The van der Waals surface area contributed by atoms with Gasteiger partial charge in [-0.05, 0) is 65.7 Å². The van der Waals surface area contributed by atoms with Gasteiger partial charge in [-0.3, -0.25) is 4.79 Å². The first-order valence-electron chi connectivity index (χ1n) is 11.4. The number of carbonyl (C=O) groups excluding carboxylic acids is 1. The minimum Gasteiger partial charge on any atom is -0.497 e. The Labute approximate surface area is 225 Å². The Morgan fingerprint density at radius 2 is 1.86 bits per heavy atom. The van der Waals surface area contributed by atoms with Crippen molar-refractivity contribution in [2.45, 2.75) is 12.6 Å². The summed E-state index contributed by atoms with van der Waals surface area (Å²) in [5, 5.41) is 4.60. The number of nitrogens with zero attached hydrogens (tertiary/aromatic N) is 4. The van der Waals surface area contributed by atoms with Gasteiger partial charge in [0.05, 0.1) is 13.2 Å². The molecule has 1 aliphatic rings. The molecule has 1 aliphatic heterocycles. The summed E-state index contributed by atoms with van der Waals surface area (Å²) in [7, 11) is 1.60. The van der Waals surface area contributed by atoms with Crippen LogP contribution in [0.5, 0.6) is 5.75 Å². The standard InChI is InChI=1S/C28H19BrClFN4O2/c1-37-20-6-2-16(3-7-20)13-34-27(21-12-19(31)5-8-24(21)30)26-22(28(34)36)10-18(11-23(26)29)17-4-9-25-32-15-33-35(25)14-17/h2-12,14-15,27H,13H2,1H3. The number of methoxy groups -OCH3 is 1. The molecule has 184 valence electrons. The molecule has 6 nitrogen and oxygen atoms in total. The van der Waals surface area contributed by atoms with E-state index in [2.05, 4.69) is 26.0 Å². The molecule has 0 radical (unpaired) electrons. The van der Waals surface area contributed by atoms with Gasteiger partial charge < -0.3 is 9.64 Å². The lowest BCUT2D eigenvalue weighted by atomic mass is 9.94. The van der Waals surface area contributed by atoms with Crippen LogP contribution in [0.4, 0.5) is 4.39 Å². The van der Waals surface area contributed by atoms with Crippen molar-refractivity contribution in [3.63, 3.8) is 0 Å². The summed E-state index contributed by atoms with van der Waals surface area (Å²) in [6.07, 6.45) is 3.36. The SMILES string of the molecule is COc1ccc(CN2C(=O)c3cc(-c4ccc5ncnn5c4)cc(Br)c3C2c2cc(F)ccc2Cl)cc1. The van der Waals surface area contributed by atoms with Gasteiger partial charge in [0.25, 0.3) is 5.91 Å². The molecule has 0 saturated heterocycles. The third-order valence-corrected chi connectivity index (χ3v) is 7.58. The average molecular weight is 578 g/mol. The molecule has 0 aliphatic carbocycles. The lowest BCUT2D eigenvalue weighted by Crippen LogP contribution is -2.28. The van der Waals surface area contributed by atoms with Gasteiger partial charge in [-0.15, -0.1) is 0 Å². The molecule has 6 rings (SSSR count). The second-order valence-corrected chi connectivity index (χ2v) is 10.0. The molecule has 1 unspecified atom stereocenters. The molecule has 5 aromatic rings. The summed E-state index contributed by atoms with van der Waals surface area (Å²) in [4.78, 5) is 19.8. The Bertz CT molecular complexity index is 1670. The van der Waals surface area contributed by atoms with E-state index in [-0.39, 0.29) is 5.91 Å². The molecule has 0 N–H and O–H groups in total. The van der Waals surface area contributed by atoms with E-state index in [0.29, 0.717) is 22.7 Å². The van der Waals surface area contributed by atoms with Gasteiger partial charge in [-0.25, -0.2) is 13.9 Å². The number of pyridine rings is 1. The minimum absolute atomic E-state index is 0.166. The van der Waals surface area contributed by atoms with Crippen molar-refractivity contribution >= 4 is 39.1 Å². The maximum absolute atomic E-state index is 14.4. The van der Waals surface area contributed by atoms with Crippen molar-refractivity contribution in [1.82, 2.24) is 19.5 Å². The van der Waals surface area contributed by atoms with E-state index < -0.39 is 11.9 Å². The lowest BCUT2D eigenvalue weighted by Gasteiger charge is -2.27. The van der Waals surface area contributed by atoms with Crippen molar-refractivity contribution in [3.8, 4) is 16.9 Å². The highest BCUT2D eigenvalue weighted by atomic mass is 79.9. The smallest absolute Gasteiger partial charge is 0.255 e. The summed E-state index contributed by atoms with van der Waals surface area (Å²) < 4.78 is 22.1. The van der Waals surface area contributed by atoms with Gasteiger partial charge in [0.2, 0.25) is 0 Å². The van der Waals surface area contributed by atoms with E-state index in [1.807, 2.05) is 54.7 Å². The van der Waals surface area contributed by atoms with E-state index in [1.165, 1.54) is 24.5 Å². The highest BCUT2D eigenvalue weighted by Crippen LogP contribution is 2.46. The van der Waals surface area contributed by atoms with Gasteiger partial charge in [0, 0.05) is 44.5 Å². The lowest BCUT2D eigenvalue weighted by molar-refractivity contribution is 0.0735. The summed E-state index contributed by atoms with van der Waals surface area (Å²) in [5.41, 5.74) is 5.16. The maximum Gasteiger partial charge on any atom is 0.255 e. The fraction of sp³-hybridized carbons (Fsp3) is 0.107. The highest BCUT2D eigenvalue weighted by Gasteiger charge is 2.40. The molecular formula is C28H19BrClFN4O2. The van der Waals surface area contributed by atoms with Crippen LogP contribution in [0, 0.1) is 5.82 Å². The summed E-state index contributed by atoms with van der Waals surface area (Å²) in [6.45, 7) is 0.307. The number of rotatable bonds is 5. The Hall–Kier alpha value is -3.75. The predicted octanol–water partition coefficient (Wildman–Crippen LogP) is 6.71. The number of amides is 1. The first-order chi connectivity index (χ1) is 17.9. The van der Waals surface area contributed by atoms with Crippen molar-refractivity contribution in [1.29, 1.82) is 0 Å². The van der Waals surface area contributed by atoms with Crippen LogP contribution in [0.1, 0.15) is 33.1 Å². The molecule has 0 saturated carbocycles. The molecule has 1 atom stereocenters. The molecule has 1 amide bonds. The molecule has 3 aromatic carbocycles.